The minimum Gasteiger partial charge on any atom is -0.449 e. The SMILES string of the molecule is CC(C)c1ccc(NC(=O)[C@H](C)OC(=O)c2ccc3nc(N)sc3c2)cc1. The molecule has 0 aliphatic heterocycles. The van der Waals surface area contributed by atoms with Gasteiger partial charge in [0.2, 0.25) is 0 Å². The van der Waals surface area contributed by atoms with Gasteiger partial charge in [0.05, 0.1) is 15.8 Å². The van der Waals surface area contributed by atoms with Crippen LogP contribution in [-0.2, 0) is 9.53 Å². The average Bonchev–Trinajstić information content (AvgIpc) is 3.01. The van der Waals surface area contributed by atoms with Gasteiger partial charge >= 0.3 is 5.97 Å². The zero-order valence-electron chi connectivity index (χ0n) is 15.4. The summed E-state index contributed by atoms with van der Waals surface area (Å²) in [4.78, 5) is 28.8. The van der Waals surface area contributed by atoms with E-state index in [2.05, 4.69) is 24.1 Å². The molecule has 0 saturated carbocycles. The number of nitrogens with zero attached hydrogens (tertiary/aromatic N) is 1. The predicted octanol–water partition coefficient (Wildman–Crippen LogP) is 4.19. The van der Waals surface area contributed by atoms with Crippen molar-refractivity contribution in [1.29, 1.82) is 0 Å². The molecule has 0 aliphatic carbocycles. The van der Waals surface area contributed by atoms with Gasteiger partial charge in [0.15, 0.2) is 11.2 Å². The normalized spacial score (nSPS) is 12.1. The first-order valence-electron chi connectivity index (χ1n) is 8.61. The molecule has 1 amide bonds. The highest BCUT2D eigenvalue weighted by molar-refractivity contribution is 7.22. The molecule has 1 aromatic heterocycles. The highest BCUT2D eigenvalue weighted by atomic mass is 32.1. The van der Waals surface area contributed by atoms with Gasteiger partial charge in [-0.05, 0) is 48.7 Å². The standard InChI is InChI=1S/C20H21N3O3S/c1-11(2)13-4-7-15(8-5-13)22-18(24)12(3)26-19(25)14-6-9-16-17(10-14)27-20(21)23-16/h4-12H,1-3H3,(H2,21,23)(H,22,24)/t12-/m0/s1. The van der Waals surface area contributed by atoms with Crippen molar-refractivity contribution in [3.8, 4) is 0 Å². The molecule has 0 bridgehead atoms. The minimum absolute atomic E-state index is 0.354. The molecule has 2 aromatic carbocycles. The number of anilines is 2. The van der Waals surface area contributed by atoms with Gasteiger partial charge in [0.25, 0.3) is 5.91 Å². The number of esters is 1. The van der Waals surface area contributed by atoms with E-state index in [-0.39, 0.29) is 5.91 Å². The maximum Gasteiger partial charge on any atom is 0.338 e. The number of hydrogen-bond donors (Lipinski definition) is 2. The number of rotatable bonds is 5. The summed E-state index contributed by atoms with van der Waals surface area (Å²) in [6.45, 7) is 5.75. The van der Waals surface area contributed by atoms with E-state index < -0.39 is 12.1 Å². The van der Waals surface area contributed by atoms with E-state index in [9.17, 15) is 9.59 Å². The molecular formula is C20H21N3O3S. The van der Waals surface area contributed by atoms with Crippen molar-refractivity contribution >= 4 is 44.2 Å². The lowest BCUT2D eigenvalue weighted by molar-refractivity contribution is -0.123. The van der Waals surface area contributed by atoms with Crippen LogP contribution in [0.3, 0.4) is 0 Å². The molecule has 0 saturated heterocycles. The molecule has 140 valence electrons. The second kappa shape index (κ2) is 7.75. The van der Waals surface area contributed by atoms with E-state index in [4.69, 9.17) is 10.5 Å². The Morgan fingerprint density at radius 1 is 1.11 bits per heavy atom. The first-order valence-corrected chi connectivity index (χ1v) is 9.43. The van der Waals surface area contributed by atoms with Crippen LogP contribution in [0, 0.1) is 0 Å². The third-order valence-electron chi connectivity index (χ3n) is 4.14. The Labute approximate surface area is 161 Å². The predicted molar refractivity (Wildman–Crippen MR) is 108 cm³/mol. The molecule has 0 aliphatic rings. The molecule has 0 unspecified atom stereocenters. The van der Waals surface area contributed by atoms with Crippen molar-refractivity contribution in [3.63, 3.8) is 0 Å². The van der Waals surface area contributed by atoms with Crippen LogP contribution in [0.4, 0.5) is 10.8 Å². The Kier molecular flexibility index (Phi) is 5.41. The van der Waals surface area contributed by atoms with Crippen LogP contribution in [-0.4, -0.2) is 23.0 Å². The Morgan fingerprint density at radius 3 is 2.48 bits per heavy atom. The highest BCUT2D eigenvalue weighted by Gasteiger charge is 2.19. The molecule has 0 spiro atoms. The minimum atomic E-state index is -0.926. The fourth-order valence-corrected chi connectivity index (χ4v) is 3.32. The molecule has 3 aromatic rings. The summed E-state index contributed by atoms with van der Waals surface area (Å²) in [7, 11) is 0. The van der Waals surface area contributed by atoms with E-state index in [1.54, 1.807) is 25.1 Å². The number of aromatic nitrogens is 1. The number of amides is 1. The van der Waals surface area contributed by atoms with Gasteiger partial charge in [0.1, 0.15) is 0 Å². The number of nitrogens with one attached hydrogen (secondary N) is 1. The second-order valence-electron chi connectivity index (χ2n) is 6.55. The Bertz CT molecular complexity index is 980. The van der Waals surface area contributed by atoms with Crippen LogP contribution < -0.4 is 11.1 Å². The number of nitrogen functional groups attached to an aromatic ring is 1. The lowest BCUT2D eigenvalue weighted by atomic mass is 10.0. The summed E-state index contributed by atoms with van der Waals surface area (Å²) in [6.07, 6.45) is -0.926. The van der Waals surface area contributed by atoms with Crippen LogP contribution in [0.25, 0.3) is 10.2 Å². The van der Waals surface area contributed by atoms with E-state index in [1.165, 1.54) is 16.9 Å². The van der Waals surface area contributed by atoms with Crippen molar-refractivity contribution in [2.75, 3.05) is 11.1 Å². The smallest absolute Gasteiger partial charge is 0.338 e. The highest BCUT2D eigenvalue weighted by Crippen LogP contribution is 2.25. The molecule has 7 heteroatoms. The molecule has 0 fully saturated rings. The number of nitrogens with two attached hydrogens (primary N) is 1. The number of carbonyl (C=O) groups is 2. The summed E-state index contributed by atoms with van der Waals surface area (Å²) in [6, 6.07) is 12.6. The van der Waals surface area contributed by atoms with E-state index in [0.717, 1.165) is 10.2 Å². The van der Waals surface area contributed by atoms with Crippen LogP contribution in [0.1, 0.15) is 42.6 Å². The van der Waals surface area contributed by atoms with Gasteiger partial charge in [-0.25, -0.2) is 9.78 Å². The first kappa shape index (κ1) is 18.8. The van der Waals surface area contributed by atoms with Crippen molar-refractivity contribution in [3.05, 3.63) is 53.6 Å². The van der Waals surface area contributed by atoms with Crippen LogP contribution in [0.15, 0.2) is 42.5 Å². The maximum atomic E-state index is 12.3. The molecule has 0 radical (unpaired) electrons. The van der Waals surface area contributed by atoms with Crippen LogP contribution >= 0.6 is 11.3 Å². The number of carbonyl (C=O) groups excluding carboxylic acids is 2. The maximum absolute atomic E-state index is 12.3. The van der Waals surface area contributed by atoms with E-state index in [1.807, 2.05) is 24.3 Å². The number of benzene rings is 2. The zero-order valence-corrected chi connectivity index (χ0v) is 16.2. The number of thiazole rings is 1. The molecule has 6 nitrogen and oxygen atoms in total. The molecular weight excluding hydrogens is 362 g/mol. The van der Waals surface area contributed by atoms with E-state index >= 15 is 0 Å². The first-order chi connectivity index (χ1) is 12.8. The monoisotopic (exact) mass is 383 g/mol. The van der Waals surface area contributed by atoms with Crippen LogP contribution in [0.5, 0.6) is 0 Å². The molecule has 1 atom stereocenters. The van der Waals surface area contributed by atoms with Crippen molar-refractivity contribution < 1.29 is 14.3 Å². The van der Waals surface area contributed by atoms with Gasteiger partial charge < -0.3 is 15.8 Å². The summed E-state index contributed by atoms with van der Waals surface area (Å²) >= 11 is 1.29. The fraction of sp³-hybridized carbons (Fsp3) is 0.250. The molecule has 3 N–H and O–H groups in total. The molecule has 1 heterocycles. The number of ether oxygens (including phenoxy) is 1. The van der Waals surface area contributed by atoms with Crippen molar-refractivity contribution in [2.45, 2.75) is 32.8 Å². The number of hydrogen-bond acceptors (Lipinski definition) is 6. The van der Waals surface area contributed by atoms with Gasteiger partial charge in [-0.1, -0.05) is 37.3 Å². The van der Waals surface area contributed by atoms with Gasteiger partial charge in [-0.3, -0.25) is 4.79 Å². The zero-order chi connectivity index (χ0) is 19.6. The van der Waals surface area contributed by atoms with Crippen LogP contribution in [0.2, 0.25) is 0 Å². The summed E-state index contributed by atoms with van der Waals surface area (Å²) in [5.74, 6) is -0.536. The lowest BCUT2D eigenvalue weighted by Gasteiger charge is -2.14. The average molecular weight is 383 g/mol. The number of fused-ring (bicyclic) bond motifs is 1. The fourth-order valence-electron chi connectivity index (χ4n) is 2.55. The summed E-state index contributed by atoms with van der Waals surface area (Å²) < 4.78 is 6.09. The van der Waals surface area contributed by atoms with E-state index in [0.29, 0.717) is 22.3 Å². The molecule has 27 heavy (non-hydrogen) atoms. The van der Waals surface area contributed by atoms with Gasteiger partial charge in [0, 0.05) is 5.69 Å². The Morgan fingerprint density at radius 2 is 1.81 bits per heavy atom. The topological polar surface area (TPSA) is 94.3 Å². The van der Waals surface area contributed by atoms with Gasteiger partial charge in [-0.2, -0.15) is 0 Å². The summed E-state index contributed by atoms with van der Waals surface area (Å²) in [5.41, 5.74) is 8.60. The second-order valence-corrected chi connectivity index (χ2v) is 7.61. The summed E-state index contributed by atoms with van der Waals surface area (Å²) in [5, 5.41) is 3.19. The third kappa shape index (κ3) is 4.43. The quantitative estimate of drug-likeness (QED) is 0.644. The van der Waals surface area contributed by atoms with Crippen molar-refractivity contribution in [2.24, 2.45) is 0 Å². The van der Waals surface area contributed by atoms with Crippen molar-refractivity contribution in [1.82, 2.24) is 4.98 Å². The molecule has 3 rings (SSSR count). The largest absolute Gasteiger partial charge is 0.449 e. The third-order valence-corrected chi connectivity index (χ3v) is 4.99. The Hall–Kier alpha value is -2.93. The Balaban J connectivity index is 1.63. The van der Waals surface area contributed by atoms with Gasteiger partial charge in [-0.15, -0.1) is 0 Å². The lowest BCUT2D eigenvalue weighted by Crippen LogP contribution is -2.30.